The van der Waals surface area contributed by atoms with Gasteiger partial charge in [-0.3, -0.25) is 0 Å². The van der Waals surface area contributed by atoms with E-state index in [0.717, 1.165) is 18.4 Å². The van der Waals surface area contributed by atoms with Crippen LogP contribution in [0, 0.1) is 11.3 Å². The van der Waals surface area contributed by atoms with Gasteiger partial charge in [0.2, 0.25) is 5.30 Å². The van der Waals surface area contributed by atoms with Crippen molar-refractivity contribution in [2.75, 3.05) is 0 Å². The summed E-state index contributed by atoms with van der Waals surface area (Å²) in [4.78, 5) is 8.83. The first-order valence-electron chi connectivity index (χ1n) is 4.36. The van der Waals surface area contributed by atoms with Gasteiger partial charge in [0, 0.05) is 0 Å². The fourth-order valence-corrected chi connectivity index (χ4v) is 1.90. The summed E-state index contributed by atoms with van der Waals surface area (Å²) in [6.45, 7) is 0. The van der Waals surface area contributed by atoms with E-state index < -0.39 is 8.03 Å². The maximum absolute atomic E-state index is 10.7. The topological polar surface area (TPSA) is 61.1 Å². The molecule has 0 heterocycles. The van der Waals surface area contributed by atoms with E-state index in [-0.39, 0.29) is 5.41 Å². The molecule has 0 radical (unpaired) electrons. The monoisotopic (exact) mass is 206 g/mol. The Labute approximate surface area is 82.9 Å². The van der Waals surface area contributed by atoms with Crippen molar-refractivity contribution in [3.63, 3.8) is 0 Å². The van der Waals surface area contributed by atoms with Gasteiger partial charge in [0.15, 0.2) is 0 Å². The van der Waals surface area contributed by atoms with Gasteiger partial charge in [0.25, 0.3) is 0 Å². The van der Waals surface area contributed by atoms with Crippen LogP contribution in [0.3, 0.4) is 0 Å². The van der Waals surface area contributed by atoms with Crippen molar-refractivity contribution in [2.24, 2.45) is 0 Å². The molecule has 70 valence electrons. The van der Waals surface area contributed by atoms with Gasteiger partial charge in [-0.25, -0.2) is 0 Å². The van der Waals surface area contributed by atoms with Crippen LogP contribution in [-0.2, 0) is 9.98 Å². The molecule has 2 rings (SSSR count). The van der Waals surface area contributed by atoms with Crippen molar-refractivity contribution in [3.05, 3.63) is 29.8 Å². The predicted octanol–water partition coefficient (Wildman–Crippen LogP) is 1.60. The number of nitrogens with zero attached hydrogens (tertiary/aromatic N) is 1. The largest absolute Gasteiger partial charge is 0.546 e. The van der Waals surface area contributed by atoms with E-state index in [1.165, 1.54) is 0 Å². The molecule has 1 aliphatic carbocycles. The van der Waals surface area contributed by atoms with Crippen molar-refractivity contribution < 1.29 is 9.46 Å². The average Bonchev–Trinajstić information content (AvgIpc) is 2.99. The van der Waals surface area contributed by atoms with Crippen LogP contribution < -0.4 is 5.30 Å². The summed E-state index contributed by atoms with van der Waals surface area (Å²) in [6, 6.07) is 9.06. The number of hydrogen-bond acceptors (Lipinski definition) is 2. The summed E-state index contributed by atoms with van der Waals surface area (Å²) in [5.41, 5.74) is 0.653. The molecule has 1 saturated carbocycles. The highest BCUT2D eigenvalue weighted by molar-refractivity contribution is 7.47. The molecule has 1 aliphatic rings. The van der Waals surface area contributed by atoms with Crippen LogP contribution in [0.1, 0.15) is 18.4 Å². The first-order valence-corrected chi connectivity index (χ1v) is 5.57. The molecule has 4 heteroatoms. The van der Waals surface area contributed by atoms with Gasteiger partial charge in [0.05, 0.1) is 11.5 Å². The van der Waals surface area contributed by atoms with Crippen LogP contribution in [-0.4, -0.2) is 4.89 Å². The summed E-state index contributed by atoms with van der Waals surface area (Å²) in [6.07, 6.45) is 1.79. The molecule has 1 atom stereocenters. The lowest BCUT2D eigenvalue weighted by atomic mass is 9.98. The molecule has 1 unspecified atom stereocenters. The Balaban J connectivity index is 2.32. The van der Waals surface area contributed by atoms with Crippen molar-refractivity contribution in [1.82, 2.24) is 0 Å². The number of rotatable bonds is 2. The molecule has 0 aromatic heterocycles. The van der Waals surface area contributed by atoms with Gasteiger partial charge >= 0.3 is 8.03 Å². The highest BCUT2D eigenvalue weighted by Crippen LogP contribution is 2.47. The fraction of sp³-hybridized carbons (Fsp3) is 0.300. The number of benzene rings is 1. The Morgan fingerprint density at radius 3 is 2.29 bits per heavy atom. The van der Waals surface area contributed by atoms with Crippen LogP contribution >= 0.6 is 8.03 Å². The van der Waals surface area contributed by atoms with E-state index in [1.807, 2.05) is 0 Å². The van der Waals surface area contributed by atoms with Crippen LogP contribution in [0.15, 0.2) is 24.3 Å². The maximum Gasteiger partial charge on any atom is 0.546 e. The third-order valence-electron chi connectivity index (χ3n) is 2.60. The van der Waals surface area contributed by atoms with E-state index in [9.17, 15) is 4.57 Å². The van der Waals surface area contributed by atoms with E-state index >= 15 is 0 Å². The number of nitriles is 1. The first kappa shape index (κ1) is 9.33. The summed E-state index contributed by atoms with van der Waals surface area (Å²) in [5.74, 6) is 0. The normalized spacial score (nSPS) is 18.4. The molecule has 1 N–H and O–H groups in total. The molecule has 3 nitrogen and oxygen atoms in total. The molecule has 0 saturated heterocycles. The van der Waals surface area contributed by atoms with E-state index in [4.69, 9.17) is 10.2 Å². The smallest absolute Gasteiger partial charge is 0.197 e. The fourth-order valence-electron chi connectivity index (χ4n) is 1.50. The molecule has 0 spiro atoms. The number of hydrogen-bond donors (Lipinski definition) is 1. The van der Waals surface area contributed by atoms with Gasteiger partial charge < -0.3 is 0 Å². The summed E-state index contributed by atoms with van der Waals surface area (Å²) in [7, 11) is -2.26. The zero-order valence-electron chi connectivity index (χ0n) is 7.47. The second-order valence-corrected chi connectivity index (χ2v) is 4.58. The van der Waals surface area contributed by atoms with Gasteiger partial charge in [-0.15, -0.1) is 0 Å². The molecule has 1 aromatic carbocycles. The Kier molecular flexibility index (Phi) is 2.11. The van der Waals surface area contributed by atoms with Crippen LogP contribution in [0.2, 0.25) is 0 Å². The molecule has 0 bridgehead atoms. The highest BCUT2D eigenvalue weighted by atomic mass is 31.1. The SMILES string of the molecule is N#CC1(c2ccc([P+](=O)O)cc2)CC1. The summed E-state index contributed by atoms with van der Waals surface area (Å²) >= 11 is 0. The van der Waals surface area contributed by atoms with Gasteiger partial charge in [0.1, 0.15) is 0 Å². The minimum atomic E-state index is -2.26. The zero-order valence-corrected chi connectivity index (χ0v) is 8.37. The van der Waals surface area contributed by atoms with Gasteiger partial charge in [-0.1, -0.05) is 12.1 Å². The van der Waals surface area contributed by atoms with Crippen molar-refractivity contribution in [1.29, 1.82) is 5.26 Å². The Morgan fingerprint density at radius 1 is 1.36 bits per heavy atom. The second-order valence-electron chi connectivity index (χ2n) is 3.51. The van der Waals surface area contributed by atoms with E-state index in [1.54, 1.807) is 24.3 Å². The van der Waals surface area contributed by atoms with Crippen molar-refractivity contribution in [2.45, 2.75) is 18.3 Å². The van der Waals surface area contributed by atoms with Crippen LogP contribution in [0.4, 0.5) is 0 Å². The Bertz CT molecular complexity index is 415. The standard InChI is InChI=1S/C10H8NO2P/c11-7-10(5-6-10)8-1-3-9(4-2-8)14(12)13/h1-4H,5-6H2/p+1. The van der Waals surface area contributed by atoms with Gasteiger partial charge in [-0.05, 0) is 35.1 Å². The minimum Gasteiger partial charge on any atom is -0.197 e. The van der Waals surface area contributed by atoms with Crippen LogP contribution in [0.25, 0.3) is 0 Å². The van der Waals surface area contributed by atoms with Gasteiger partial charge in [-0.2, -0.15) is 10.2 Å². The zero-order chi connectivity index (χ0) is 10.2. The highest BCUT2D eigenvalue weighted by Gasteiger charge is 2.44. The molecule has 14 heavy (non-hydrogen) atoms. The maximum atomic E-state index is 10.7. The molecular formula is C10H9NO2P+. The molecule has 1 aromatic rings. The Hall–Kier alpha value is -1.23. The lowest BCUT2D eigenvalue weighted by Gasteiger charge is -2.03. The molecular weight excluding hydrogens is 197 g/mol. The first-order chi connectivity index (χ1) is 6.68. The Morgan fingerprint density at radius 2 is 1.93 bits per heavy atom. The lowest BCUT2D eigenvalue weighted by Crippen LogP contribution is -2.04. The quantitative estimate of drug-likeness (QED) is 0.747. The van der Waals surface area contributed by atoms with E-state index in [2.05, 4.69) is 6.07 Å². The minimum absolute atomic E-state index is 0.306. The predicted molar refractivity (Wildman–Crippen MR) is 52.4 cm³/mol. The second kappa shape index (κ2) is 3.16. The third kappa shape index (κ3) is 1.43. The lowest BCUT2D eigenvalue weighted by molar-refractivity contribution is 0.513. The summed E-state index contributed by atoms with van der Waals surface area (Å²) < 4.78 is 10.7. The average molecular weight is 206 g/mol. The van der Waals surface area contributed by atoms with Crippen molar-refractivity contribution in [3.8, 4) is 6.07 Å². The third-order valence-corrected chi connectivity index (χ3v) is 3.34. The molecule has 0 aliphatic heterocycles. The molecule has 1 fully saturated rings. The van der Waals surface area contributed by atoms with Crippen molar-refractivity contribution >= 4 is 13.3 Å². The van der Waals surface area contributed by atoms with Crippen LogP contribution in [0.5, 0.6) is 0 Å². The summed E-state index contributed by atoms with van der Waals surface area (Å²) in [5, 5.41) is 9.35. The van der Waals surface area contributed by atoms with E-state index in [0.29, 0.717) is 5.30 Å². The molecule has 0 amide bonds.